The predicted octanol–water partition coefficient (Wildman–Crippen LogP) is 3.02. The lowest BCUT2D eigenvalue weighted by Gasteiger charge is -2.18. The van der Waals surface area contributed by atoms with Crippen LogP contribution in [0.5, 0.6) is 0 Å². The van der Waals surface area contributed by atoms with Gasteiger partial charge in [-0.05, 0) is 39.8 Å². The Morgan fingerprint density at radius 1 is 1.24 bits per heavy atom. The van der Waals surface area contributed by atoms with E-state index in [-0.39, 0.29) is 12.1 Å². The standard InChI is InChI=1S/C15H18O2/c1-12(17-14(16)15(2,3)4)10-11-13-8-6-5-7-9-13/h5-9,12H,1-4H3. The van der Waals surface area contributed by atoms with E-state index in [1.54, 1.807) is 6.92 Å². The van der Waals surface area contributed by atoms with Crippen molar-refractivity contribution in [1.82, 2.24) is 0 Å². The summed E-state index contributed by atoms with van der Waals surface area (Å²) < 4.78 is 5.22. The van der Waals surface area contributed by atoms with Crippen LogP contribution in [-0.4, -0.2) is 12.1 Å². The first kappa shape index (κ1) is 13.3. The lowest BCUT2D eigenvalue weighted by atomic mass is 9.97. The molecule has 0 spiro atoms. The fraction of sp³-hybridized carbons (Fsp3) is 0.400. The van der Waals surface area contributed by atoms with Crippen molar-refractivity contribution >= 4 is 5.97 Å². The highest BCUT2D eigenvalue weighted by Gasteiger charge is 2.24. The topological polar surface area (TPSA) is 26.3 Å². The highest BCUT2D eigenvalue weighted by atomic mass is 16.5. The Morgan fingerprint density at radius 2 is 1.82 bits per heavy atom. The highest BCUT2D eigenvalue weighted by Crippen LogP contribution is 2.16. The zero-order valence-electron chi connectivity index (χ0n) is 10.8. The third-order valence-corrected chi connectivity index (χ3v) is 2.09. The molecule has 1 rings (SSSR count). The number of ether oxygens (including phenoxy) is 1. The molecule has 0 aliphatic rings. The number of esters is 1. The van der Waals surface area contributed by atoms with Gasteiger partial charge in [-0.1, -0.05) is 30.0 Å². The first-order valence-electron chi connectivity index (χ1n) is 5.67. The van der Waals surface area contributed by atoms with Crippen LogP contribution in [0, 0.1) is 17.3 Å². The van der Waals surface area contributed by atoms with E-state index in [0.29, 0.717) is 0 Å². The Balaban J connectivity index is 2.60. The van der Waals surface area contributed by atoms with Crippen LogP contribution in [0.3, 0.4) is 0 Å². The van der Waals surface area contributed by atoms with Gasteiger partial charge in [-0.3, -0.25) is 4.79 Å². The van der Waals surface area contributed by atoms with Gasteiger partial charge in [-0.15, -0.1) is 0 Å². The molecule has 0 aromatic heterocycles. The van der Waals surface area contributed by atoms with Crippen LogP contribution in [0.15, 0.2) is 30.3 Å². The van der Waals surface area contributed by atoms with E-state index < -0.39 is 5.41 Å². The van der Waals surface area contributed by atoms with Gasteiger partial charge in [0.2, 0.25) is 0 Å². The maximum Gasteiger partial charge on any atom is 0.312 e. The van der Waals surface area contributed by atoms with Gasteiger partial charge < -0.3 is 4.74 Å². The molecule has 1 unspecified atom stereocenters. The number of carbonyl (C=O) groups excluding carboxylic acids is 1. The second-order valence-electron chi connectivity index (χ2n) is 4.93. The fourth-order valence-electron chi connectivity index (χ4n) is 1.07. The van der Waals surface area contributed by atoms with Crippen molar-refractivity contribution in [2.75, 3.05) is 0 Å². The van der Waals surface area contributed by atoms with Gasteiger partial charge in [0.05, 0.1) is 5.41 Å². The van der Waals surface area contributed by atoms with Crippen molar-refractivity contribution < 1.29 is 9.53 Å². The number of rotatable bonds is 1. The molecule has 0 bridgehead atoms. The molecule has 2 nitrogen and oxygen atoms in total. The lowest BCUT2D eigenvalue weighted by Crippen LogP contribution is -2.26. The molecule has 90 valence electrons. The highest BCUT2D eigenvalue weighted by molar-refractivity contribution is 5.75. The minimum Gasteiger partial charge on any atom is -0.449 e. The van der Waals surface area contributed by atoms with Crippen LogP contribution in [-0.2, 0) is 9.53 Å². The average molecular weight is 230 g/mol. The van der Waals surface area contributed by atoms with Crippen LogP contribution in [0.2, 0.25) is 0 Å². The van der Waals surface area contributed by atoms with Crippen molar-refractivity contribution in [2.45, 2.75) is 33.8 Å². The van der Waals surface area contributed by atoms with E-state index >= 15 is 0 Å². The molecule has 0 aliphatic heterocycles. The third kappa shape index (κ3) is 4.74. The summed E-state index contributed by atoms with van der Waals surface area (Å²) in [7, 11) is 0. The van der Waals surface area contributed by atoms with Gasteiger partial charge in [0.15, 0.2) is 6.10 Å². The second-order valence-corrected chi connectivity index (χ2v) is 4.93. The smallest absolute Gasteiger partial charge is 0.312 e. The SMILES string of the molecule is CC(C#Cc1ccccc1)OC(=O)C(C)(C)C. The fourth-order valence-corrected chi connectivity index (χ4v) is 1.07. The van der Waals surface area contributed by atoms with Crippen molar-refractivity contribution in [3.63, 3.8) is 0 Å². The molecule has 0 amide bonds. The van der Waals surface area contributed by atoms with Gasteiger partial charge in [0.25, 0.3) is 0 Å². The zero-order valence-corrected chi connectivity index (χ0v) is 10.8. The normalized spacial score (nSPS) is 12.2. The van der Waals surface area contributed by atoms with E-state index in [1.165, 1.54) is 0 Å². The zero-order chi connectivity index (χ0) is 12.9. The average Bonchev–Trinajstić information content (AvgIpc) is 2.26. The Bertz CT molecular complexity index is 429. The lowest BCUT2D eigenvalue weighted by molar-refractivity contribution is -0.155. The Kier molecular flexibility index (Phi) is 4.34. The molecule has 0 saturated carbocycles. The van der Waals surface area contributed by atoms with Gasteiger partial charge >= 0.3 is 5.97 Å². The van der Waals surface area contributed by atoms with Crippen molar-refractivity contribution in [2.24, 2.45) is 5.41 Å². The van der Waals surface area contributed by atoms with E-state index in [1.807, 2.05) is 51.1 Å². The largest absolute Gasteiger partial charge is 0.449 e. The van der Waals surface area contributed by atoms with Crippen LogP contribution < -0.4 is 0 Å². The molecule has 0 aliphatic carbocycles. The minimum atomic E-state index is -0.483. The molecule has 0 saturated heterocycles. The summed E-state index contributed by atoms with van der Waals surface area (Å²) in [6, 6.07) is 9.64. The summed E-state index contributed by atoms with van der Waals surface area (Å²) in [4.78, 5) is 11.6. The number of hydrogen-bond donors (Lipinski definition) is 0. The Labute approximate surface area is 103 Å². The number of carbonyl (C=O) groups is 1. The first-order chi connectivity index (χ1) is 7.89. The Hall–Kier alpha value is -1.75. The maximum absolute atomic E-state index is 11.6. The van der Waals surface area contributed by atoms with Crippen molar-refractivity contribution in [1.29, 1.82) is 0 Å². The first-order valence-corrected chi connectivity index (χ1v) is 5.67. The summed E-state index contributed by atoms with van der Waals surface area (Å²) in [6.45, 7) is 7.26. The molecule has 0 N–H and O–H groups in total. The molecule has 2 heteroatoms. The van der Waals surface area contributed by atoms with E-state index in [4.69, 9.17) is 4.74 Å². The quantitative estimate of drug-likeness (QED) is 0.547. The monoisotopic (exact) mass is 230 g/mol. The van der Waals surface area contributed by atoms with Crippen molar-refractivity contribution in [3.05, 3.63) is 35.9 Å². The molecule has 1 atom stereocenters. The summed E-state index contributed by atoms with van der Waals surface area (Å²) in [5.41, 5.74) is 0.439. The van der Waals surface area contributed by atoms with Crippen LogP contribution in [0.4, 0.5) is 0 Å². The van der Waals surface area contributed by atoms with Gasteiger partial charge in [-0.2, -0.15) is 0 Å². The molecule has 17 heavy (non-hydrogen) atoms. The van der Waals surface area contributed by atoms with E-state index in [2.05, 4.69) is 11.8 Å². The predicted molar refractivity (Wildman–Crippen MR) is 68.3 cm³/mol. The summed E-state index contributed by atoms with van der Waals surface area (Å²) >= 11 is 0. The molecule has 0 fully saturated rings. The summed E-state index contributed by atoms with van der Waals surface area (Å²) in [5, 5.41) is 0. The minimum absolute atomic E-state index is 0.229. The van der Waals surface area contributed by atoms with Crippen LogP contribution >= 0.6 is 0 Å². The molecular formula is C15H18O2. The number of hydrogen-bond acceptors (Lipinski definition) is 2. The maximum atomic E-state index is 11.6. The molecule has 1 aromatic carbocycles. The summed E-state index contributed by atoms with van der Waals surface area (Å²) in [6.07, 6.45) is -0.387. The summed E-state index contributed by atoms with van der Waals surface area (Å²) in [5.74, 6) is 5.65. The van der Waals surface area contributed by atoms with Crippen LogP contribution in [0.25, 0.3) is 0 Å². The number of benzene rings is 1. The van der Waals surface area contributed by atoms with E-state index in [9.17, 15) is 4.79 Å². The van der Waals surface area contributed by atoms with Gasteiger partial charge in [0.1, 0.15) is 0 Å². The van der Waals surface area contributed by atoms with Crippen LogP contribution in [0.1, 0.15) is 33.3 Å². The van der Waals surface area contributed by atoms with E-state index in [0.717, 1.165) is 5.56 Å². The molecular weight excluding hydrogens is 212 g/mol. The van der Waals surface area contributed by atoms with Gasteiger partial charge in [0, 0.05) is 5.56 Å². The molecule has 0 radical (unpaired) electrons. The van der Waals surface area contributed by atoms with Crippen molar-refractivity contribution in [3.8, 4) is 11.8 Å². The second kappa shape index (κ2) is 5.54. The molecule has 1 aromatic rings. The Morgan fingerprint density at radius 3 is 2.35 bits per heavy atom. The van der Waals surface area contributed by atoms with Gasteiger partial charge in [-0.25, -0.2) is 0 Å². The third-order valence-electron chi connectivity index (χ3n) is 2.09. The molecule has 0 heterocycles.